The fourth-order valence-corrected chi connectivity index (χ4v) is 2.82. The van der Waals surface area contributed by atoms with E-state index in [-0.39, 0.29) is 5.56 Å². The molecule has 0 saturated carbocycles. The lowest BCUT2D eigenvalue weighted by Crippen LogP contribution is -2.51. The van der Waals surface area contributed by atoms with Gasteiger partial charge >= 0.3 is 5.69 Å². The molecule has 0 aliphatic carbocycles. The molecule has 1 aliphatic heterocycles. The van der Waals surface area contributed by atoms with Gasteiger partial charge in [-0.1, -0.05) is 0 Å². The average molecular weight is 307 g/mol. The van der Waals surface area contributed by atoms with Crippen LogP contribution in [0.1, 0.15) is 12.5 Å². The van der Waals surface area contributed by atoms with Crippen LogP contribution in [-0.2, 0) is 14.1 Å². The van der Waals surface area contributed by atoms with Gasteiger partial charge in [-0.15, -0.1) is 0 Å². The van der Waals surface area contributed by atoms with Gasteiger partial charge in [-0.25, -0.2) is 4.79 Å². The first-order valence-corrected chi connectivity index (χ1v) is 7.22. The summed E-state index contributed by atoms with van der Waals surface area (Å²) in [6.07, 6.45) is -0.394. The summed E-state index contributed by atoms with van der Waals surface area (Å²) >= 11 is 0. The van der Waals surface area contributed by atoms with Gasteiger partial charge in [-0.2, -0.15) is 5.26 Å². The Kier molecular flexibility index (Phi) is 4.68. The van der Waals surface area contributed by atoms with Gasteiger partial charge in [-0.3, -0.25) is 18.8 Å². The van der Waals surface area contributed by atoms with Gasteiger partial charge in [0.15, 0.2) is 5.56 Å². The van der Waals surface area contributed by atoms with Crippen molar-refractivity contribution in [1.29, 1.82) is 5.26 Å². The second kappa shape index (κ2) is 6.34. The third-order valence-electron chi connectivity index (χ3n) is 3.94. The maximum Gasteiger partial charge on any atom is 0.332 e. The topological polar surface area (TPSA) is 94.5 Å². The molecule has 1 aliphatic rings. The van der Waals surface area contributed by atoms with Crippen LogP contribution in [0.4, 0.5) is 5.82 Å². The largest absolute Gasteiger partial charge is 0.392 e. The predicted molar refractivity (Wildman–Crippen MR) is 82.0 cm³/mol. The van der Waals surface area contributed by atoms with Gasteiger partial charge in [0, 0.05) is 46.8 Å². The van der Waals surface area contributed by atoms with Gasteiger partial charge < -0.3 is 10.0 Å². The van der Waals surface area contributed by atoms with Crippen LogP contribution < -0.4 is 16.1 Å². The molecule has 8 nitrogen and oxygen atoms in total. The standard InChI is InChI=1S/C14H21N5O3/c1-10(20)9-18-4-6-19(7-5-18)12-11(8-15)13(21)17(3)14(22)16(12)2/h10,20H,4-7,9H2,1-3H3/t10-/m1/s1. The Balaban J connectivity index is 2.34. The Bertz CT molecular complexity index is 705. The number of aliphatic hydroxyl groups is 1. The second-order valence-electron chi connectivity index (χ2n) is 5.65. The lowest BCUT2D eigenvalue weighted by molar-refractivity contribution is 0.122. The molecule has 0 bridgehead atoms. The van der Waals surface area contributed by atoms with Crippen LogP contribution in [0.15, 0.2) is 9.59 Å². The molecule has 2 rings (SSSR count). The first-order valence-electron chi connectivity index (χ1n) is 7.22. The molecule has 1 aromatic heterocycles. The van der Waals surface area contributed by atoms with E-state index in [1.54, 1.807) is 14.0 Å². The first kappa shape index (κ1) is 16.3. The lowest BCUT2D eigenvalue weighted by atomic mass is 10.2. The number of rotatable bonds is 3. The van der Waals surface area contributed by atoms with Crippen molar-refractivity contribution in [3.63, 3.8) is 0 Å². The summed E-state index contributed by atoms with van der Waals surface area (Å²) in [5, 5.41) is 18.7. The minimum Gasteiger partial charge on any atom is -0.392 e. The highest BCUT2D eigenvalue weighted by atomic mass is 16.3. The fourth-order valence-electron chi connectivity index (χ4n) is 2.82. The molecule has 22 heavy (non-hydrogen) atoms. The van der Waals surface area contributed by atoms with Crippen molar-refractivity contribution in [3.8, 4) is 6.07 Å². The normalized spacial score (nSPS) is 17.3. The number of β-amino-alcohol motifs (C(OH)–C–C–N with tert-alkyl or cyclic N) is 1. The number of aromatic nitrogens is 2. The van der Waals surface area contributed by atoms with E-state index in [4.69, 9.17) is 0 Å². The SMILES string of the molecule is C[C@@H](O)CN1CCN(c2c(C#N)c(=O)n(C)c(=O)n2C)CC1. The third kappa shape index (κ3) is 2.91. The van der Waals surface area contributed by atoms with E-state index in [0.717, 1.165) is 4.57 Å². The van der Waals surface area contributed by atoms with Crippen molar-refractivity contribution >= 4 is 5.82 Å². The predicted octanol–water partition coefficient (Wildman–Crippen LogP) is -1.54. The molecule has 2 heterocycles. The molecule has 0 aromatic carbocycles. The molecular formula is C14H21N5O3. The lowest BCUT2D eigenvalue weighted by Gasteiger charge is -2.37. The molecule has 0 unspecified atom stereocenters. The van der Waals surface area contributed by atoms with E-state index in [1.807, 2.05) is 11.0 Å². The number of piperazine rings is 1. The smallest absolute Gasteiger partial charge is 0.332 e. The van der Waals surface area contributed by atoms with E-state index in [0.29, 0.717) is 38.5 Å². The number of hydrogen-bond acceptors (Lipinski definition) is 6. The minimum absolute atomic E-state index is 0.00595. The number of nitriles is 1. The first-order chi connectivity index (χ1) is 10.4. The number of nitrogens with zero attached hydrogens (tertiary/aromatic N) is 5. The van der Waals surface area contributed by atoms with Crippen molar-refractivity contribution in [2.24, 2.45) is 14.1 Å². The number of anilines is 1. The van der Waals surface area contributed by atoms with Crippen molar-refractivity contribution in [1.82, 2.24) is 14.0 Å². The van der Waals surface area contributed by atoms with Crippen LogP contribution in [0.2, 0.25) is 0 Å². The van der Waals surface area contributed by atoms with Crippen molar-refractivity contribution in [2.45, 2.75) is 13.0 Å². The summed E-state index contributed by atoms with van der Waals surface area (Å²) in [5.74, 6) is 0.382. The zero-order valence-electron chi connectivity index (χ0n) is 13.1. The maximum absolute atomic E-state index is 12.1. The third-order valence-corrected chi connectivity index (χ3v) is 3.94. The Morgan fingerprint density at radius 2 is 1.77 bits per heavy atom. The summed E-state index contributed by atoms with van der Waals surface area (Å²) in [5.41, 5.74) is -1.01. The highest BCUT2D eigenvalue weighted by Gasteiger charge is 2.24. The van der Waals surface area contributed by atoms with E-state index in [9.17, 15) is 20.0 Å². The van der Waals surface area contributed by atoms with E-state index in [1.165, 1.54) is 11.6 Å². The van der Waals surface area contributed by atoms with Crippen LogP contribution in [0, 0.1) is 11.3 Å². The molecule has 120 valence electrons. The minimum atomic E-state index is -0.563. The number of hydrogen-bond donors (Lipinski definition) is 1. The zero-order valence-corrected chi connectivity index (χ0v) is 13.1. The molecule has 1 aromatic rings. The van der Waals surface area contributed by atoms with Crippen LogP contribution >= 0.6 is 0 Å². The molecule has 0 amide bonds. The maximum atomic E-state index is 12.1. The molecule has 8 heteroatoms. The molecule has 1 fully saturated rings. The summed E-state index contributed by atoms with van der Waals surface area (Å²) in [4.78, 5) is 28.2. The highest BCUT2D eigenvalue weighted by molar-refractivity contribution is 5.53. The van der Waals surface area contributed by atoms with Crippen molar-refractivity contribution in [2.75, 3.05) is 37.6 Å². The average Bonchev–Trinajstić information content (AvgIpc) is 2.49. The summed E-state index contributed by atoms with van der Waals surface area (Å²) < 4.78 is 2.30. The molecule has 0 spiro atoms. The van der Waals surface area contributed by atoms with Crippen LogP contribution in [0.5, 0.6) is 0 Å². The van der Waals surface area contributed by atoms with E-state index in [2.05, 4.69) is 4.90 Å². The molecule has 1 saturated heterocycles. The molecule has 1 N–H and O–H groups in total. The quantitative estimate of drug-likeness (QED) is 0.727. The van der Waals surface area contributed by atoms with Gasteiger partial charge in [0.05, 0.1) is 6.10 Å². The summed E-state index contributed by atoms with van der Waals surface area (Å²) in [7, 11) is 2.94. The Hall–Kier alpha value is -2.11. The van der Waals surface area contributed by atoms with Crippen molar-refractivity contribution in [3.05, 3.63) is 26.4 Å². The molecule has 0 radical (unpaired) electrons. The van der Waals surface area contributed by atoms with Gasteiger partial charge in [0.2, 0.25) is 0 Å². The monoisotopic (exact) mass is 307 g/mol. The Labute approximate surface area is 128 Å². The summed E-state index contributed by atoms with van der Waals surface area (Å²) in [6.45, 7) is 4.95. The zero-order chi connectivity index (χ0) is 16.4. The van der Waals surface area contributed by atoms with E-state index >= 15 is 0 Å². The highest BCUT2D eigenvalue weighted by Crippen LogP contribution is 2.16. The molecular weight excluding hydrogens is 286 g/mol. The Morgan fingerprint density at radius 3 is 2.27 bits per heavy atom. The summed E-state index contributed by atoms with van der Waals surface area (Å²) in [6, 6.07) is 1.93. The van der Waals surface area contributed by atoms with Gasteiger partial charge in [0.1, 0.15) is 11.9 Å². The van der Waals surface area contributed by atoms with Crippen LogP contribution in [0.25, 0.3) is 0 Å². The second-order valence-corrected chi connectivity index (χ2v) is 5.65. The van der Waals surface area contributed by atoms with E-state index < -0.39 is 17.4 Å². The van der Waals surface area contributed by atoms with Gasteiger partial charge in [0.25, 0.3) is 5.56 Å². The van der Waals surface area contributed by atoms with Gasteiger partial charge in [-0.05, 0) is 6.92 Å². The van der Waals surface area contributed by atoms with Crippen LogP contribution in [-0.4, -0.2) is 58.0 Å². The fraction of sp³-hybridized carbons (Fsp3) is 0.643. The molecule has 1 atom stereocenters. The Morgan fingerprint density at radius 1 is 1.18 bits per heavy atom. The van der Waals surface area contributed by atoms with Crippen molar-refractivity contribution < 1.29 is 5.11 Å². The number of aliphatic hydroxyl groups excluding tert-OH is 1. The van der Waals surface area contributed by atoms with Crippen LogP contribution in [0.3, 0.4) is 0 Å².